The Labute approximate surface area is 144 Å². The number of nitrogens with two attached hydrogens (primary N) is 1. The van der Waals surface area contributed by atoms with Crippen LogP contribution in [0.4, 0.5) is 0 Å². The first-order valence-corrected chi connectivity index (χ1v) is 10.4. The number of benzene rings is 2. The van der Waals surface area contributed by atoms with Crippen LogP contribution in [0.15, 0.2) is 54.6 Å². The van der Waals surface area contributed by atoms with E-state index in [0.29, 0.717) is 11.9 Å². The van der Waals surface area contributed by atoms with Crippen molar-refractivity contribution in [2.45, 2.75) is 33.2 Å². The molecule has 2 aromatic carbocycles. The van der Waals surface area contributed by atoms with E-state index in [9.17, 15) is 4.89 Å². The van der Waals surface area contributed by atoms with Crippen LogP contribution in [0.1, 0.15) is 37.9 Å². The van der Waals surface area contributed by atoms with Crippen LogP contribution in [0.5, 0.6) is 0 Å². The number of rotatable bonds is 5. The summed E-state index contributed by atoms with van der Waals surface area (Å²) in [6.07, 6.45) is 1.10. The maximum absolute atomic E-state index is 9.69. The second kappa shape index (κ2) is 9.96. The van der Waals surface area contributed by atoms with Crippen molar-refractivity contribution < 1.29 is 9.42 Å². The van der Waals surface area contributed by atoms with Crippen LogP contribution in [0.3, 0.4) is 0 Å². The fourth-order valence-corrected chi connectivity index (χ4v) is 3.65. The van der Waals surface area contributed by atoms with Gasteiger partial charge in [0.25, 0.3) is 0 Å². The topological polar surface area (TPSA) is 55.5 Å². The molecule has 0 aliphatic carbocycles. The smallest absolute Gasteiger partial charge is 0.216 e. The predicted molar refractivity (Wildman–Crippen MR) is 103 cm³/mol. The zero-order valence-electron chi connectivity index (χ0n) is 14.0. The van der Waals surface area contributed by atoms with Gasteiger partial charge in [-0.05, 0) is 55.3 Å². The zero-order chi connectivity index (χ0) is 17.3. The standard InChI is InChI=1S/C10H15N.C8H11O2PS/c1-3-9-4-6-10(7-5-9)8(2)11;1-2-10-11(9,12)8-6-4-3-5-7-8/h4-8H,3,11H2,1-2H3;3-7H,2H2,1H3,(H,9,12)/t8-;/m0./s1. The van der Waals surface area contributed by atoms with Crippen LogP contribution in [0.25, 0.3) is 0 Å². The quantitative estimate of drug-likeness (QED) is 0.802. The molecule has 0 amide bonds. The molecule has 3 nitrogen and oxygen atoms in total. The molecule has 0 fully saturated rings. The summed E-state index contributed by atoms with van der Waals surface area (Å²) in [4.78, 5) is 9.69. The highest BCUT2D eigenvalue weighted by atomic mass is 32.5. The number of aryl methyl sites for hydroxylation is 1. The average molecular weight is 351 g/mol. The van der Waals surface area contributed by atoms with Gasteiger partial charge in [-0.1, -0.05) is 49.4 Å². The molecule has 5 heteroatoms. The van der Waals surface area contributed by atoms with Gasteiger partial charge in [-0.2, -0.15) is 0 Å². The van der Waals surface area contributed by atoms with Crippen LogP contribution in [0, 0.1) is 0 Å². The lowest BCUT2D eigenvalue weighted by Crippen LogP contribution is -2.05. The Bertz CT molecular complexity index is 615. The van der Waals surface area contributed by atoms with Crippen molar-refractivity contribution in [2.75, 3.05) is 6.61 Å². The van der Waals surface area contributed by atoms with Crippen molar-refractivity contribution in [2.24, 2.45) is 5.73 Å². The Hall–Kier alpha value is -1.03. The molecule has 2 rings (SSSR count). The molecule has 0 radical (unpaired) electrons. The van der Waals surface area contributed by atoms with Crippen molar-refractivity contribution in [3.8, 4) is 0 Å². The first-order valence-electron chi connectivity index (χ1n) is 7.78. The van der Waals surface area contributed by atoms with Gasteiger partial charge in [-0.25, -0.2) is 0 Å². The normalized spacial score (nSPS) is 14.3. The summed E-state index contributed by atoms with van der Waals surface area (Å²) in [5.41, 5.74) is 8.29. The van der Waals surface area contributed by atoms with Gasteiger partial charge in [0.05, 0.1) is 6.61 Å². The molecular weight excluding hydrogens is 325 g/mol. The summed E-state index contributed by atoms with van der Waals surface area (Å²) in [5.74, 6) is 0. The Morgan fingerprint density at radius 3 is 2.09 bits per heavy atom. The van der Waals surface area contributed by atoms with Crippen LogP contribution in [0.2, 0.25) is 0 Å². The van der Waals surface area contributed by atoms with E-state index in [1.54, 1.807) is 12.1 Å². The minimum Gasteiger partial charge on any atom is -0.342 e. The second-order valence-electron chi connectivity index (χ2n) is 5.16. The van der Waals surface area contributed by atoms with Gasteiger partial charge < -0.3 is 15.2 Å². The molecular formula is C18H26NO2PS. The average Bonchev–Trinajstić information content (AvgIpc) is 2.56. The minimum atomic E-state index is -2.71. The molecule has 0 aliphatic heterocycles. The van der Waals surface area contributed by atoms with Gasteiger partial charge in [0.15, 0.2) is 0 Å². The summed E-state index contributed by atoms with van der Waals surface area (Å²) >= 11 is 4.95. The fraction of sp³-hybridized carbons (Fsp3) is 0.333. The third-order valence-corrected chi connectivity index (χ3v) is 5.81. The summed E-state index contributed by atoms with van der Waals surface area (Å²) in [5, 5.41) is 0.710. The molecule has 23 heavy (non-hydrogen) atoms. The fourth-order valence-electron chi connectivity index (χ4n) is 1.92. The Kier molecular flexibility index (Phi) is 8.67. The molecule has 1 unspecified atom stereocenters. The lowest BCUT2D eigenvalue weighted by atomic mass is 10.1. The molecule has 0 aliphatic rings. The molecule has 3 N–H and O–H groups in total. The second-order valence-corrected chi connectivity index (χ2v) is 8.46. The van der Waals surface area contributed by atoms with Crippen LogP contribution in [-0.2, 0) is 22.8 Å². The van der Waals surface area contributed by atoms with Gasteiger partial charge in [0.1, 0.15) is 0 Å². The van der Waals surface area contributed by atoms with E-state index < -0.39 is 6.49 Å². The Morgan fingerprint density at radius 2 is 1.65 bits per heavy atom. The summed E-state index contributed by atoms with van der Waals surface area (Å²) < 4.78 is 5.10. The molecule has 0 saturated carbocycles. The van der Waals surface area contributed by atoms with E-state index in [1.165, 1.54) is 11.1 Å². The van der Waals surface area contributed by atoms with Crippen LogP contribution >= 0.6 is 6.49 Å². The molecule has 0 aromatic heterocycles. The molecule has 0 spiro atoms. The summed E-state index contributed by atoms with van der Waals surface area (Å²) in [7, 11) is 0. The maximum Gasteiger partial charge on any atom is 0.216 e. The van der Waals surface area contributed by atoms with Gasteiger partial charge in [0, 0.05) is 11.3 Å². The lowest BCUT2D eigenvalue weighted by molar-refractivity contribution is 0.335. The minimum absolute atomic E-state index is 0.154. The summed E-state index contributed by atoms with van der Waals surface area (Å²) in [6.45, 7) is 3.71. The lowest BCUT2D eigenvalue weighted by Gasteiger charge is -2.13. The molecule has 0 bridgehead atoms. The first-order chi connectivity index (χ1) is 10.9. The molecule has 2 aromatic rings. The number of hydrogen-bond acceptors (Lipinski definition) is 3. The van der Waals surface area contributed by atoms with Crippen molar-refractivity contribution in [1.29, 1.82) is 0 Å². The highest BCUT2D eigenvalue weighted by molar-refractivity contribution is 8.13. The summed E-state index contributed by atoms with van der Waals surface area (Å²) in [6, 6.07) is 17.8. The SMILES string of the molecule is CCOP(O)(=S)c1ccccc1.CCc1ccc([C@H](C)N)cc1. The van der Waals surface area contributed by atoms with Gasteiger partial charge in [-0.3, -0.25) is 0 Å². The van der Waals surface area contributed by atoms with E-state index in [2.05, 4.69) is 31.2 Å². The Morgan fingerprint density at radius 1 is 1.09 bits per heavy atom. The van der Waals surface area contributed by atoms with E-state index in [-0.39, 0.29) is 6.04 Å². The zero-order valence-corrected chi connectivity index (χ0v) is 15.7. The van der Waals surface area contributed by atoms with Gasteiger partial charge in [-0.15, -0.1) is 0 Å². The van der Waals surface area contributed by atoms with Crippen molar-refractivity contribution >= 4 is 23.6 Å². The largest absolute Gasteiger partial charge is 0.342 e. The molecule has 126 valence electrons. The van der Waals surface area contributed by atoms with Crippen molar-refractivity contribution in [1.82, 2.24) is 0 Å². The van der Waals surface area contributed by atoms with E-state index >= 15 is 0 Å². The van der Waals surface area contributed by atoms with E-state index in [1.807, 2.05) is 32.0 Å². The van der Waals surface area contributed by atoms with Crippen molar-refractivity contribution in [3.63, 3.8) is 0 Å². The molecule has 0 heterocycles. The van der Waals surface area contributed by atoms with Crippen LogP contribution in [-0.4, -0.2) is 11.5 Å². The van der Waals surface area contributed by atoms with Gasteiger partial charge in [0.2, 0.25) is 6.49 Å². The number of hydrogen-bond donors (Lipinski definition) is 2. The predicted octanol–water partition coefficient (Wildman–Crippen LogP) is 3.92. The van der Waals surface area contributed by atoms with Gasteiger partial charge >= 0.3 is 0 Å². The highest BCUT2D eigenvalue weighted by Crippen LogP contribution is 2.40. The third kappa shape index (κ3) is 6.94. The van der Waals surface area contributed by atoms with Crippen LogP contribution < -0.4 is 11.0 Å². The Balaban J connectivity index is 0.000000231. The van der Waals surface area contributed by atoms with Crippen molar-refractivity contribution in [3.05, 3.63) is 65.7 Å². The third-order valence-electron chi connectivity index (χ3n) is 3.30. The molecule has 0 saturated heterocycles. The monoisotopic (exact) mass is 351 g/mol. The first kappa shape index (κ1) is 20.0. The van der Waals surface area contributed by atoms with E-state index in [4.69, 9.17) is 22.1 Å². The molecule has 2 atom stereocenters. The highest BCUT2D eigenvalue weighted by Gasteiger charge is 2.14. The van der Waals surface area contributed by atoms with E-state index in [0.717, 1.165) is 6.42 Å². The maximum atomic E-state index is 9.69.